The number of pyridine rings is 1. The van der Waals surface area contributed by atoms with Gasteiger partial charge in [-0.1, -0.05) is 17.7 Å². The van der Waals surface area contributed by atoms with Gasteiger partial charge in [-0.15, -0.1) is 0 Å². The van der Waals surface area contributed by atoms with Crippen LogP contribution in [0.2, 0.25) is 5.15 Å². The summed E-state index contributed by atoms with van der Waals surface area (Å²) in [5, 5.41) is 2.62. The molecule has 10 heteroatoms. The Morgan fingerprint density at radius 1 is 1.17 bits per heavy atom. The quantitative estimate of drug-likeness (QED) is 0.525. The van der Waals surface area contributed by atoms with Crippen LogP contribution in [0.1, 0.15) is 31.1 Å². The van der Waals surface area contributed by atoms with Gasteiger partial charge in [0.05, 0.1) is 16.1 Å². The van der Waals surface area contributed by atoms with Crippen LogP contribution in [0.4, 0.5) is 5.69 Å². The summed E-state index contributed by atoms with van der Waals surface area (Å²) in [6.45, 7) is 4.87. The number of sulfonamides is 1. The van der Waals surface area contributed by atoms with Gasteiger partial charge >= 0.3 is 5.97 Å². The molecule has 0 aliphatic rings. The summed E-state index contributed by atoms with van der Waals surface area (Å²) < 4.78 is 31.6. The van der Waals surface area contributed by atoms with Crippen LogP contribution in [0.5, 0.6) is 0 Å². The summed E-state index contributed by atoms with van der Waals surface area (Å²) >= 11 is 5.89. The van der Waals surface area contributed by atoms with Crippen LogP contribution in [0, 0.1) is 0 Å². The highest BCUT2D eigenvalue weighted by molar-refractivity contribution is 7.89. The molecule has 2 rings (SSSR count). The van der Waals surface area contributed by atoms with Crippen molar-refractivity contribution < 1.29 is 22.7 Å². The van der Waals surface area contributed by atoms with Crippen LogP contribution in [0.15, 0.2) is 47.5 Å². The van der Waals surface area contributed by atoms with E-state index in [2.05, 4.69) is 10.3 Å². The summed E-state index contributed by atoms with van der Waals surface area (Å²) in [5.41, 5.74) is 0.300. The molecule has 8 nitrogen and oxygen atoms in total. The molecule has 156 valence electrons. The average Bonchev–Trinajstić information content (AvgIpc) is 2.68. The molecule has 0 saturated carbocycles. The summed E-state index contributed by atoms with van der Waals surface area (Å²) in [6.07, 6.45) is 0.330. The predicted molar refractivity (Wildman–Crippen MR) is 109 cm³/mol. The van der Waals surface area contributed by atoms with Crippen molar-refractivity contribution in [3.05, 3.63) is 53.3 Å². The molecule has 0 aliphatic heterocycles. The molecule has 1 aromatic heterocycles. The van der Waals surface area contributed by atoms with Gasteiger partial charge in [0.25, 0.3) is 5.91 Å². The Balaban J connectivity index is 2.13. The lowest BCUT2D eigenvalue weighted by atomic mass is 10.2. The molecule has 1 aromatic carbocycles. The second-order valence-corrected chi connectivity index (χ2v) is 8.88. The highest BCUT2D eigenvalue weighted by Gasteiger charge is 2.25. The Morgan fingerprint density at radius 3 is 2.48 bits per heavy atom. The topological polar surface area (TPSA) is 106 Å². The lowest BCUT2D eigenvalue weighted by Crippen LogP contribution is -2.33. The highest BCUT2D eigenvalue weighted by atomic mass is 35.5. The number of esters is 1. The number of ether oxygens (including phenoxy) is 1. The molecule has 0 fully saturated rings. The van der Waals surface area contributed by atoms with Crippen LogP contribution in [0.3, 0.4) is 0 Å². The molecule has 0 bridgehead atoms. The number of anilines is 1. The Morgan fingerprint density at radius 2 is 1.86 bits per heavy atom. The molecule has 0 saturated heterocycles. The normalized spacial score (nSPS) is 12.7. The molecular weight excluding hydrogens is 418 g/mol. The maximum Gasteiger partial charge on any atom is 0.338 e. The highest BCUT2D eigenvalue weighted by Crippen LogP contribution is 2.20. The number of amides is 1. The minimum absolute atomic E-state index is 0.0160. The van der Waals surface area contributed by atoms with Gasteiger partial charge in [-0.3, -0.25) is 4.79 Å². The van der Waals surface area contributed by atoms with Gasteiger partial charge in [-0.05, 0) is 51.1 Å². The Kier molecular flexibility index (Phi) is 7.34. The zero-order valence-corrected chi connectivity index (χ0v) is 18.0. The van der Waals surface area contributed by atoms with E-state index in [9.17, 15) is 18.0 Å². The van der Waals surface area contributed by atoms with Gasteiger partial charge in [0.2, 0.25) is 10.0 Å². The van der Waals surface area contributed by atoms with Gasteiger partial charge in [0.15, 0.2) is 11.3 Å². The largest absolute Gasteiger partial charge is 0.449 e. The van der Waals surface area contributed by atoms with E-state index in [1.807, 2.05) is 0 Å². The summed E-state index contributed by atoms with van der Waals surface area (Å²) in [5.74, 6) is -1.43. The number of nitrogens with zero attached hydrogens (tertiary/aromatic N) is 2. The second kappa shape index (κ2) is 9.34. The number of hydrogen-bond acceptors (Lipinski definition) is 6. The fraction of sp³-hybridized carbons (Fsp3) is 0.316. The fourth-order valence-electron chi connectivity index (χ4n) is 2.22. The van der Waals surface area contributed by atoms with Crippen LogP contribution >= 0.6 is 11.6 Å². The predicted octanol–water partition coefficient (Wildman–Crippen LogP) is 2.95. The number of nitrogens with one attached hydrogen (secondary N) is 1. The Labute approximate surface area is 174 Å². The van der Waals surface area contributed by atoms with Crippen LogP contribution in [0.25, 0.3) is 0 Å². The number of rotatable bonds is 7. The van der Waals surface area contributed by atoms with Crippen molar-refractivity contribution in [3.8, 4) is 0 Å². The number of carbonyl (C=O) groups is 2. The lowest BCUT2D eigenvalue weighted by molar-refractivity contribution is -0.123. The molecule has 29 heavy (non-hydrogen) atoms. The first kappa shape index (κ1) is 22.8. The summed E-state index contributed by atoms with van der Waals surface area (Å²) in [7, 11) is -2.30. The summed E-state index contributed by atoms with van der Waals surface area (Å²) in [6, 6.07) is 8.38. The molecule has 1 atom stereocenters. The van der Waals surface area contributed by atoms with E-state index < -0.39 is 28.0 Å². The van der Waals surface area contributed by atoms with Crippen molar-refractivity contribution in [2.45, 2.75) is 37.8 Å². The maximum atomic E-state index is 12.6. The van der Waals surface area contributed by atoms with Gasteiger partial charge in [0, 0.05) is 19.3 Å². The Hall–Kier alpha value is -2.49. The molecule has 1 heterocycles. The third kappa shape index (κ3) is 5.53. The monoisotopic (exact) mass is 439 g/mol. The van der Waals surface area contributed by atoms with E-state index in [1.165, 1.54) is 48.7 Å². The van der Waals surface area contributed by atoms with Gasteiger partial charge in [-0.2, -0.15) is 4.31 Å². The molecular formula is C19H22ClN3O5S. The van der Waals surface area contributed by atoms with E-state index >= 15 is 0 Å². The standard InChI is InChI=1S/C19H22ClN3O5S/c1-12(2)23(4)29(26,27)15-8-5-7-14(11-15)19(25)28-13(3)18(24)22-16-9-6-10-21-17(16)20/h5-13H,1-4H3,(H,22,24). The third-order valence-corrected chi connectivity index (χ3v) is 6.47. The van der Waals surface area contributed by atoms with Gasteiger partial charge < -0.3 is 10.1 Å². The van der Waals surface area contributed by atoms with Crippen LogP contribution < -0.4 is 5.32 Å². The number of aromatic nitrogens is 1. The van der Waals surface area contributed by atoms with E-state index in [1.54, 1.807) is 26.0 Å². The second-order valence-electron chi connectivity index (χ2n) is 6.52. The van der Waals surface area contributed by atoms with Crippen molar-refractivity contribution in [3.63, 3.8) is 0 Å². The summed E-state index contributed by atoms with van der Waals surface area (Å²) in [4.78, 5) is 28.5. The zero-order chi connectivity index (χ0) is 21.8. The molecule has 0 spiro atoms. The number of halogens is 1. The van der Waals surface area contributed by atoms with Crippen LogP contribution in [-0.2, 0) is 19.6 Å². The van der Waals surface area contributed by atoms with Crippen molar-refractivity contribution in [1.82, 2.24) is 9.29 Å². The lowest BCUT2D eigenvalue weighted by Gasteiger charge is -2.21. The molecule has 0 aliphatic carbocycles. The number of benzene rings is 1. The number of hydrogen-bond donors (Lipinski definition) is 1. The maximum absolute atomic E-state index is 12.6. The van der Waals surface area contributed by atoms with Crippen molar-refractivity contribution in [1.29, 1.82) is 0 Å². The first-order chi connectivity index (χ1) is 13.5. The minimum atomic E-state index is -3.76. The molecule has 1 unspecified atom stereocenters. The fourth-order valence-corrected chi connectivity index (χ4v) is 3.80. The first-order valence-electron chi connectivity index (χ1n) is 8.74. The van der Waals surface area contributed by atoms with E-state index in [0.29, 0.717) is 0 Å². The molecule has 1 amide bonds. The SMILES string of the molecule is CC(OC(=O)c1cccc(S(=O)(=O)N(C)C(C)C)c1)C(=O)Nc1cccnc1Cl. The molecule has 2 aromatic rings. The average molecular weight is 440 g/mol. The smallest absolute Gasteiger partial charge is 0.338 e. The zero-order valence-electron chi connectivity index (χ0n) is 16.4. The first-order valence-corrected chi connectivity index (χ1v) is 10.6. The van der Waals surface area contributed by atoms with E-state index in [4.69, 9.17) is 16.3 Å². The van der Waals surface area contributed by atoms with Crippen LogP contribution in [-0.4, -0.2) is 48.8 Å². The molecule has 1 N–H and O–H groups in total. The van der Waals surface area contributed by atoms with Crippen molar-refractivity contribution >= 4 is 39.2 Å². The molecule has 0 radical (unpaired) electrons. The van der Waals surface area contributed by atoms with E-state index in [-0.39, 0.29) is 27.3 Å². The van der Waals surface area contributed by atoms with Crippen molar-refractivity contribution in [2.75, 3.05) is 12.4 Å². The number of carbonyl (C=O) groups excluding carboxylic acids is 2. The van der Waals surface area contributed by atoms with E-state index in [0.717, 1.165) is 0 Å². The van der Waals surface area contributed by atoms with Crippen molar-refractivity contribution in [2.24, 2.45) is 0 Å². The van der Waals surface area contributed by atoms with Gasteiger partial charge in [-0.25, -0.2) is 18.2 Å². The minimum Gasteiger partial charge on any atom is -0.449 e. The van der Waals surface area contributed by atoms with Gasteiger partial charge in [0.1, 0.15) is 0 Å². The third-order valence-electron chi connectivity index (χ3n) is 4.14. The Bertz CT molecular complexity index is 1010.